The molecule has 3 nitrogen and oxygen atoms in total. The third-order valence-corrected chi connectivity index (χ3v) is 3.70. The topological polar surface area (TPSA) is 55.3 Å². The van der Waals surface area contributed by atoms with Gasteiger partial charge in [-0.25, -0.2) is 0 Å². The predicted molar refractivity (Wildman–Crippen MR) is 99.4 cm³/mol. The summed E-state index contributed by atoms with van der Waals surface area (Å²) in [5.74, 6) is 0. The van der Waals surface area contributed by atoms with E-state index in [1.807, 2.05) is 30.3 Å². The van der Waals surface area contributed by atoms with E-state index in [0.29, 0.717) is 11.4 Å². The van der Waals surface area contributed by atoms with E-state index < -0.39 is 0 Å². The van der Waals surface area contributed by atoms with Gasteiger partial charge in [-0.2, -0.15) is 0 Å². The molecule has 0 aromatic heterocycles. The first-order valence-corrected chi connectivity index (χ1v) is 7.62. The molecule has 0 aliphatic heterocycles. The average molecular weight is 303 g/mol. The minimum Gasteiger partial charge on any atom is -0.399 e. The number of para-hydroxylation sites is 1. The third kappa shape index (κ3) is 3.29. The molecule has 0 amide bonds. The SMILES string of the molecule is Cc1cc(C)cc(N(c2ccccc2)c2cc(N)cc(N)c2)c1. The largest absolute Gasteiger partial charge is 0.399 e. The zero-order valence-electron chi connectivity index (χ0n) is 13.5. The molecule has 0 atom stereocenters. The Morgan fingerprint density at radius 1 is 0.609 bits per heavy atom. The van der Waals surface area contributed by atoms with Gasteiger partial charge in [-0.05, 0) is 67.4 Å². The molecule has 3 rings (SSSR count). The lowest BCUT2D eigenvalue weighted by Crippen LogP contribution is -2.11. The maximum absolute atomic E-state index is 6.01. The van der Waals surface area contributed by atoms with Crippen LogP contribution in [0, 0.1) is 13.8 Å². The quantitative estimate of drug-likeness (QED) is 0.674. The zero-order chi connectivity index (χ0) is 16.4. The van der Waals surface area contributed by atoms with Gasteiger partial charge in [0.15, 0.2) is 0 Å². The highest BCUT2D eigenvalue weighted by Gasteiger charge is 2.13. The highest BCUT2D eigenvalue weighted by Crippen LogP contribution is 2.37. The first-order chi connectivity index (χ1) is 11.0. The van der Waals surface area contributed by atoms with Crippen LogP contribution in [0.4, 0.5) is 28.4 Å². The van der Waals surface area contributed by atoms with Crippen LogP contribution in [0.5, 0.6) is 0 Å². The summed E-state index contributed by atoms with van der Waals surface area (Å²) >= 11 is 0. The fourth-order valence-corrected chi connectivity index (χ4v) is 2.89. The zero-order valence-corrected chi connectivity index (χ0v) is 13.5. The summed E-state index contributed by atoms with van der Waals surface area (Å²) in [5, 5.41) is 0. The third-order valence-electron chi connectivity index (χ3n) is 3.70. The van der Waals surface area contributed by atoms with Crippen LogP contribution in [-0.4, -0.2) is 0 Å². The van der Waals surface area contributed by atoms with Gasteiger partial charge < -0.3 is 16.4 Å². The Morgan fingerprint density at radius 3 is 1.70 bits per heavy atom. The van der Waals surface area contributed by atoms with E-state index >= 15 is 0 Å². The number of hydrogen-bond acceptors (Lipinski definition) is 3. The Hall–Kier alpha value is -2.94. The number of rotatable bonds is 3. The standard InChI is InChI=1S/C20H21N3/c1-14-8-15(2)10-19(9-14)23(18-6-4-3-5-7-18)20-12-16(21)11-17(22)13-20/h3-13H,21-22H2,1-2H3. The molecule has 0 bridgehead atoms. The summed E-state index contributed by atoms with van der Waals surface area (Å²) in [6.45, 7) is 4.21. The number of nitrogens with zero attached hydrogens (tertiary/aromatic N) is 1. The average Bonchev–Trinajstić information content (AvgIpc) is 2.46. The van der Waals surface area contributed by atoms with Crippen LogP contribution in [0.25, 0.3) is 0 Å². The van der Waals surface area contributed by atoms with Gasteiger partial charge in [0, 0.05) is 22.7 Å². The molecule has 3 heteroatoms. The number of hydrogen-bond donors (Lipinski definition) is 2. The molecule has 0 heterocycles. The molecule has 0 radical (unpaired) electrons. The van der Waals surface area contributed by atoms with Crippen LogP contribution in [0.15, 0.2) is 66.7 Å². The van der Waals surface area contributed by atoms with Gasteiger partial charge in [-0.15, -0.1) is 0 Å². The number of anilines is 5. The fraction of sp³-hybridized carbons (Fsp3) is 0.100. The van der Waals surface area contributed by atoms with Gasteiger partial charge in [0.25, 0.3) is 0 Å². The number of benzene rings is 3. The first kappa shape index (κ1) is 15.0. The molecule has 0 aliphatic rings. The molecule has 23 heavy (non-hydrogen) atoms. The molecule has 0 unspecified atom stereocenters. The van der Waals surface area contributed by atoms with E-state index in [1.54, 1.807) is 6.07 Å². The Balaban J connectivity index is 2.22. The molecule has 0 spiro atoms. The van der Waals surface area contributed by atoms with E-state index in [9.17, 15) is 0 Å². The smallest absolute Gasteiger partial charge is 0.0502 e. The van der Waals surface area contributed by atoms with E-state index in [-0.39, 0.29) is 0 Å². The van der Waals surface area contributed by atoms with Crippen molar-refractivity contribution in [2.75, 3.05) is 16.4 Å². The summed E-state index contributed by atoms with van der Waals surface area (Å²) in [5.41, 5.74) is 18.9. The van der Waals surface area contributed by atoms with Crippen molar-refractivity contribution in [3.8, 4) is 0 Å². The van der Waals surface area contributed by atoms with Crippen LogP contribution >= 0.6 is 0 Å². The summed E-state index contributed by atoms with van der Waals surface area (Å²) in [6, 6.07) is 22.4. The maximum Gasteiger partial charge on any atom is 0.0502 e. The number of nitrogen functional groups attached to an aromatic ring is 2. The number of aryl methyl sites for hydroxylation is 2. The van der Waals surface area contributed by atoms with Crippen molar-refractivity contribution in [3.63, 3.8) is 0 Å². The van der Waals surface area contributed by atoms with E-state index in [0.717, 1.165) is 17.1 Å². The van der Waals surface area contributed by atoms with Crippen LogP contribution in [-0.2, 0) is 0 Å². The van der Waals surface area contributed by atoms with Crippen molar-refractivity contribution >= 4 is 28.4 Å². The minimum atomic E-state index is 0.658. The van der Waals surface area contributed by atoms with Crippen molar-refractivity contribution in [2.24, 2.45) is 0 Å². The second-order valence-corrected chi connectivity index (χ2v) is 5.87. The normalized spacial score (nSPS) is 10.5. The van der Waals surface area contributed by atoms with Crippen molar-refractivity contribution in [1.82, 2.24) is 0 Å². The summed E-state index contributed by atoms with van der Waals surface area (Å²) in [7, 11) is 0. The van der Waals surface area contributed by atoms with Crippen molar-refractivity contribution in [1.29, 1.82) is 0 Å². The highest BCUT2D eigenvalue weighted by atomic mass is 15.1. The molecule has 0 saturated carbocycles. The molecular formula is C20H21N3. The van der Waals surface area contributed by atoms with Gasteiger partial charge >= 0.3 is 0 Å². The number of nitrogens with two attached hydrogens (primary N) is 2. The Morgan fingerprint density at radius 2 is 1.13 bits per heavy atom. The highest BCUT2D eigenvalue weighted by molar-refractivity contribution is 5.80. The lowest BCUT2D eigenvalue weighted by Gasteiger charge is -2.26. The van der Waals surface area contributed by atoms with Crippen molar-refractivity contribution in [3.05, 3.63) is 77.9 Å². The molecule has 4 N–H and O–H groups in total. The van der Waals surface area contributed by atoms with E-state index in [1.165, 1.54) is 11.1 Å². The second-order valence-electron chi connectivity index (χ2n) is 5.87. The second kappa shape index (κ2) is 6.05. The van der Waals surface area contributed by atoms with Crippen molar-refractivity contribution in [2.45, 2.75) is 13.8 Å². The predicted octanol–water partition coefficient (Wildman–Crippen LogP) is 4.94. The molecule has 116 valence electrons. The maximum atomic E-state index is 6.01. The fourth-order valence-electron chi connectivity index (χ4n) is 2.89. The Kier molecular flexibility index (Phi) is 3.94. The van der Waals surface area contributed by atoms with Crippen LogP contribution in [0.2, 0.25) is 0 Å². The van der Waals surface area contributed by atoms with Crippen LogP contribution < -0.4 is 16.4 Å². The molecule has 0 saturated heterocycles. The van der Waals surface area contributed by atoms with Crippen LogP contribution in [0.3, 0.4) is 0 Å². The van der Waals surface area contributed by atoms with E-state index in [2.05, 4.69) is 49.1 Å². The lowest BCUT2D eigenvalue weighted by atomic mass is 10.1. The lowest BCUT2D eigenvalue weighted by molar-refractivity contribution is 1.25. The minimum absolute atomic E-state index is 0.658. The van der Waals surface area contributed by atoms with Gasteiger partial charge in [-0.1, -0.05) is 24.3 Å². The molecular weight excluding hydrogens is 282 g/mol. The monoisotopic (exact) mass is 303 g/mol. The molecule has 3 aromatic rings. The summed E-state index contributed by atoms with van der Waals surface area (Å²) < 4.78 is 0. The summed E-state index contributed by atoms with van der Waals surface area (Å²) in [4.78, 5) is 2.17. The van der Waals surface area contributed by atoms with Gasteiger partial charge in [0.05, 0.1) is 5.69 Å². The molecule has 3 aromatic carbocycles. The van der Waals surface area contributed by atoms with Gasteiger partial charge in [0.1, 0.15) is 0 Å². The van der Waals surface area contributed by atoms with Gasteiger partial charge in [-0.3, -0.25) is 0 Å². The van der Waals surface area contributed by atoms with Crippen LogP contribution in [0.1, 0.15) is 11.1 Å². The Labute approximate surface area is 137 Å². The molecule has 0 fully saturated rings. The first-order valence-electron chi connectivity index (χ1n) is 7.62. The Bertz CT molecular complexity index is 734. The van der Waals surface area contributed by atoms with Crippen molar-refractivity contribution < 1.29 is 0 Å². The van der Waals surface area contributed by atoms with Gasteiger partial charge in [0.2, 0.25) is 0 Å². The summed E-state index contributed by atoms with van der Waals surface area (Å²) in [6.07, 6.45) is 0. The molecule has 0 aliphatic carbocycles. The van der Waals surface area contributed by atoms with E-state index in [4.69, 9.17) is 11.5 Å².